The molecule has 2 aromatic rings. The van der Waals surface area contributed by atoms with Gasteiger partial charge >= 0.3 is 0 Å². The van der Waals surface area contributed by atoms with Crippen LogP contribution in [0.2, 0.25) is 0 Å². The fourth-order valence-electron chi connectivity index (χ4n) is 3.60. The lowest BCUT2D eigenvalue weighted by molar-refractivity contribution is -0.134. The first-order chi connectivity index (χ1) is 13.7. The molecule has 0 unspecified atom stereocenters. The summed E-state index contributed by atoms with van der Waals surface area (Å²) < 4.78 is 1.99. The number of carbonyl (C=O) groups is 2. The van der Waals surface area contributed by atoms with Crippen LogP contribution in [-0.4, -0.2) is 51.9 Å². The topological polar surface area (TPSA) is 79.3 Å². The monoisotopic (exact) mass is 383 g/mol. The number of hydrogen-bond acceptors (Lipinski definition) is 4. The third-order valence-electron chi connectivity index (χ3n) is 5.16. The molecule has 1 aromatic heterocycles. The Labute approximate surface area is 166 Å². The third kappa shape index (κ3) is 5.42. The van der Waals surface area contributed by atoms with Gasteiger partial charge in [0.2, 0.25) is 11.8 Å². The van der Waals surface area contributed by atoms with Crippen molar-refractivity contribution in [3.8, 4) is 0 Å². The zero-order chi connectivity index (χ0) is 19.8. The normalized spacial score (nSPS) is 17.3. The highest BCUT2D eigenvalue weighted by molar-refractivity contribution is 5.88. The minimum Gasteiger partial charge on any atom is -0.353 e. The number of nitrogens with one attached hydrogen (secondary N) is 2. The molecule has 28 heavy (non-hydrogen) atoms. The highest BCUT2D eigenvalue weighted by Crippen LogP contribution is 2.12. The molecule has 0 radical (unpaired) electrons. The molecule has 0 saturated carbocycles. The molecule has 0 spiro atoms. The molecule has 150 valence electrons. The Morgan fingerprint density at radius 1 is 1.32 bits per heavy atom. The molecular formula is C21H29N5O2. The second kappa shape index (κ2) is 10.0. The standard InChI is InChI=1S/C21H29N5O2/c1-2-25-13-10-22-19(25)16-24-20(27)15-18-21(28)23-11-14-26(18)12-6-9-17-7-4-3-5-8-17/h3-5,7-8,10,13,18H,2,6,9,11-12,14-16H2,1H3,(H,23,28)(H,24,27)/t18-/m1/s1. The molecule has 0 bridgehead atoms. The van der Waals surface area contributed by atoms with Crippen molar-refractivity contribution < 1.29 is 9.59 Å². The molecule has 3 rings (SSSR count). The summed E-state index contributed by atoms with van der Waals surface area (Å²) in [4.78, 5) is 31.2. The molecule has 7 nitrogen and oxygen atoms in total. The first-order valence-electron chi connectivity index (χ1n) is 9.99. The van der Waals surface area contributed by atoms with Gasteiger partial charge in [0.1, 0.15) is 5.82 Å². The van der Waals surface area contributed by atoms with Gasteiger partial charge in [-0.1, -0.05) is 30.3 Å². The Bertz CT molecular complexity index is 774. The fraction of sp³-hybridized carbons (Fsp3) is 0.476. The number of nitrogens with zero attached hydrogens (tertiary/aromatic N) is 3. The molecular weight excluding hydrogens is 354 g/mol. The number of imidazole rings is 1. The predicted octanol–water partition coefficient (Wildman–Crippen LogP) is 1.34. The van der Waals surface area contributed by atoms with E-state index in [1.807, 2.05) is 35.9 Å². The van der Waals surface area contributed by atoms with E-state index in [0.717, 1.165) is 38.3 Å². The summed E-state index contributed by atoms with van der Waals surface area (Å²) in [5, 5.41) is 5.79. The van der Waals surface area contributed by atoms with Gasteiger partial charge in [-0.3, -0.25) is 14.5 Å². The highest BCUT2D eigenvalue weighted by Gasteiger charge is 2.31. The zero-order valence-electron chi connectivity index (χ0n) is 16.4. The number of hydrogen-bond donors (Lipinski definition) is 2. The summed E-state index contributed by atoms with van der Waals surface area (Å²) >= 11 is 0. The molecule has 2 amide bonds. The predicted molar refractivity (Wildman–Crippen MR) is 107 cm³/mol. The first kappa shape index (κ1) is 20.1. The van der Waals surface area contributed by atoms with Crippen LogP contribution in [0.15, 0.2) is 42.7 Å². The van der Waals surface area contributed by atoms with Crippen LogP contribution in [0.3, 0.4) is 0 Å². The maximum absolute atomic E-state index is 12.4. The quantitative estimate of drug-likeness (QED) is 0.685. The van der Waals surface area contributed by atoms with Crippen LogP contribution >= 0.6 is 0 Å². The summed E-state index contributed by atoms with van der Waals surface area (Å²) in [5.41, 5.74) is 1.30. The van der Waals surface area contributed by atoms with Gasteiger partial charge in [0, 0.05) is 32.0 Å². The Morgan fingerprint density at radius 3 is 2.93 bits per heavy atom. The van der Waals surface area contributed by atoms with Gasteiger partial charge < -0.3 is 15.2 Å². The van der Waals surface area contributed by atoms with Gasteiger partial charge in [0.05, 0.1) is 19.0 Å². The van der Waals surface area contributed by atoms with Gasteiger partial charge in [-0.2, -0.15) is 0 Å². The van der Waals surface area contributed by atoms with Crippen molar-refractivity contribution in [3.63, 3.8) is 0 Å². The van der Waals surface area contributed by atoms with Gasteiger partial charge in [-0.25, -0.2) is 4.98 Å². The largest absolute Gasteiger partial charge is 0.353 e. The summed E-state index contributed by atoms with van der Waals surface area (Å²) in [6.45, 7) is 5.44. The van der Waals surface area contributed by atoms with E-state index in [-0.39, 0.29) is 18.2 Å². The van der Waals surface area contributed by atoms with Crippen LogP contribution in [0, 0.1) is 0 Å². The maximum atomic E-state index is 12.4. The number of rotatable bonds is 9. The van der Waals surface area contributed by atoms with E-state index in [9.17, 15) is 9.59 Å². The lowest BCUT2D eigenvalue weighted by atomic mass is 10.1. The molecule has 2 heterocycles. The Morgan fingerprint density at radius 2 is 2.14 bits per heavy atom. The van der Waals surface area contributed by atoms with E-state index in [1.54, 1.807) is 6.20 Å². The molecule has 2 N–H and O–H groups in total. The highest BCUT2D eigenvalue weighted by atomic mass is 16.2. The zero-order valence-corrected chi connectivity index (χ0v) is 16.4. The van der Waals surface area contributed by atoms with Crippen LogP contribution < -0.4 is 10.6 Å². The van der Waals surface area contributed by atoms with Gasteiger partial charge in [0.25, 0.3) is 0 Å². The van der Waals surface area contributed by atoms with Crippen molar-refractivity contribution in [2.75, 3.05) is 19.6 Å². The van der Waals surface area contributed by atoms with Crippen LogP contribution in [-0.2, 0) is 29.1 Å². The van der Waals surface area contributed by atoms with E-state index in [1.165, 1.54) is 5.56 Å². The molecule has 1 fully saturated rings. The van der Waals surface area contributed by atoms with Crippen molar-refractivity contribution in [3.05, 3.63) is 54.1 Å². The Kier molecular flexibility index (Phi) is 7.19. The second-order valence-corrected chi connectivity index (χ2v) is 7.04. The number of aryl methyl sites for hydroxylation is 2. The number of aromatic nitrogens is 2. The molecule has 7 heteroatoms. The van der Waals surface area contributed by atoms with Crippen LogP contribution in [0.1, 0.15) is 31.2 Å². The van der Waals surface area contributed by atoms with Crippen molar-refractivity contribution in [2.24, 2.45) is 0 Å². The van der Waals surface area contributed by atoms with Crippen molar-refractivity contribution >= 4 is 11.8 Å². The molecule has 1 aliphatic rings. The number of benzene rings is 1. The minimum atomic E-state index is -0.407. The summed E-state index contributed by atoms with van der Waals surface area (Å²) in [6.07, 6.45) is 5.73. The summed E-state index contributed by atoms with van der Waals surface area (Å²) in [6, 6.07) is 9.93. The molecule has 1 atom stereocenters. The van der Waals surface area contributed by atoms with Gasteiger partial charge in [-0.05, 0) is 31.9 Å². The average Bonchev–Trinajstić information content (AvgIpc) is 3.17. The SMILES string of the molecule is CCn1ccnc1CNC(=O)C[C@@H]1C(=O)NCCN1CCCc1ccccc1. The average molecular weight is 383 g/mol. The molecule has 1 aliphatic heterocycles. The lowest BCUT2D eigenvalue weighted by Crippen LogP contribution is -2.56. The molecule has 1 saturated heterocycles. The first-order valence-corrected chi connectivity index (χ1v) is 9.99. The Hall–Kier alpha value is -2.67. The number of piperazine rings is 1. The second-order valence-electron chi connectivity index (χ2n) is 7.04. The molecule has 1 aromatic carbocycles. The summed E-state index contributed by atoms with van der Waals surface area (Å²) in [7, 11) is 0. The third-order valence-corrected chi connectivity index (χ3v) is 5.16. The van der Waals surface area contributed by atoms with E-state index in [2.05, 4.69) is 32.7 Å². The smallest absolute Gasteiger partial charge is 0.237 e. The molecule has 0 aliphatic carbocycles. The number of carbonyl (C=O) groups excluding carboxylic acids is 2. The minimum absolute atomic E-state index is 0.0591. The lowest BCUT2D eigenvalue weighted by Gasteiger charge is -2.34. The maximum Gasteiger partial charge on any atom is 0.237 e. The van der Waals surface area contributed by atoms with Crippen molar-refractivity contribution in [1.82, 2.24) is 25.1 Å². The van der Waals surface area contributed by atoms with Crippen LogP contribution in [0.4, 0.5) is 0 Å². The van der Waals surface area contributed by atoms with E-state index >= 15 is 0 Å². The van der Waals surface area contributed by atoms with Crippen molar-refractivity contribution in [2.45, 2.75) is 45.3 Å². The fourth-order valence-corrected chi connectivity index (χ4v) is 3.60. The van der Waals surface area contributed by atoms with Crippen LogP contribution in [0.5, 0.6) is 0 Å². The van der Waals surface area contributed by atoms with Crippen LogP contribution in [0.25, 0.3) is 0 Å². The Balaban J connectivity index is 1.50. The summed E-state index contributed by atoms with van der Waals surface area (Å²) in [5.74, 6) is 0.639. The van der Waals surface area contributed by atoms with E-state index in [4.69, 9.17) is 0 Å². The van der Waals surface area contributed by atoms with E-state index < -0.39 is 6.04 Å². The van der Waals surface area contributed by atoms with Gasteiger partial charge in [-0.15, -0.1) is 0 Å². The van der Waals surface area contributed by atoms with E-state index in [0.29, 0.717) is 13.1 Å². The van der Waals surface area contributed by atoms with Crippen molar-refractivity contribution in [1.29, 1.82) is 0 Å². The van der Waals surface area contributed by atoms with Gasteiger partial charge in [0.15, 0.2) is 0 Å². The number of amides is 2.